The van der Waals surface area contributed by atoms with E-state index in [4.69, 9.17) is 28.4 Å². The van der Waals surface area contributed by atoms with Crippen molar-refractivity contribution in [1.82, 2.24) is 0 Å². The molecule has 6 rings (SSSR count). The molecule has 1 heterocycles. The van der Waals surface area contributed by atoms with Crippen molar-refractivity contribution in [3.63, 3.8) is 0 Å². The van der Waals surface area contributed by atoms with E-state index in [0.29, 0.717) is 5.56 Å². The number of aliphatic hydroxyl groups excluding tert-OH is 2. The molecule has 4 aliphatic rings. The van der Waals surface area contributed by atoms with Crippen molar-refractivity contribution < 1.29 is 86.9 Å². The molecule has 0 spiro atoms. The second kappa shape index (κ2) is 20.0. The minimum atomic E-state index is -2.38. The van der Waals surface area contributed by atoms with E-state index in [1.54, 1.807) is 69.3 Å². The van der Waals surface area contributed by atoms with Crippen molar-refractivity contribution in [2.24, 2.45) is 22.6 Å². The number of carbonyl (C=O) groups is 6. The molecule has 2 saturated carbocycles. The monoisotopic (exact) mass is 929 g/mol. The highest BCUT2D eigenvalue weighted by atomic mass is 32.2. The molecule has 3 aliphatic carbocycles. The van der Waals surface area contributed by atoms with E-state index in [0.717, 1.165) is 19.0 Å². The van der Waals surface area contributed by atoms with Gasteiger partial charge in [0.05, 0.1) is 29.6 Å². The topological polar surface area (TPSA) is 272 Å². The maximum atomic E-state index is 15.1. The number of hydrogen-bond donors (Lipinski definition) is 4. The first kappa shape index (κ1) is 49.7. The zero-order valence-corrected chi connectivity index (χ0v) is 37.6. The van der Waals surface area contributed by atoms with Crippen LogP contribution in [0.3, 0.4) is 0 Å². The van der Waals surface area contributed by atoms with Crippen LogP contribution in [0.25, 0.3) is 0 Å². The summed E-state index contributed by atoms with van der Waals surface area (Å²) in [6.07, 6.45) is -10.2. The van der Waals surface area contributed by atoms with Crippen molar-refractivity contribution in [3.05, 3.63) is 82.9 Å². The Hall–Kier alpha value is -4.77. The standard InChI is InChI=1S/C45H55NO18S/c1-24(27-14-9-7-10-15-27)36(59-33(50)22-56-32(49)18-13-19-65-64-63-62-46)41(54)58-29-21-45(55)39(60-40(53)28-16-11-8-12-17-28)37-43(6,38(52)35(51)34(25(29)2)42(45,4)5)30(48)20-31-44(37,23-57-31)61-26(3)47/h7-12,14-17,24,29-31,35-37,39,48,51,55H,13,18-23,46H2,1-6H3/t24?,29?,30?,31?,35?,36?,37?,39?,43?,44-,45-/m0/s1. The van der Waals surface area contributed by atoms with Gasteiger partial charge >= 0.3 is 29.8 Å². The van der Waals surface area contributed by atoms with Crippen LogP contribution < -0.4 is 5.90 Å². The number of ketones is 1. The number of benzene rings is 2. The summed E-state index contributed by atoms with van der Waals surface area (Å²) in [5.41, 5.74) is -7.12. The maximum absolute atomic E-state index is 15.1. The molecular formula is C45H55NO18S. The smallest absolute Gasteiger partial charge is 0.348 e. The highest BCUT2D eigenvalue weighted by Gasteiger charge is 2.78. The third-order valence-corrected chi connectivity index (χ3v) is 14.1. The van der Waals surface area contributed by atoms with Crippen molar-refractivity contribution in [3.8, 4) is 0 Å². The van der Waals surface area contributed by atoms with E-state index >= 15 is 4.79 Å². The highest BCUT2D eigenvalue weighted by Crippen LogP contribution is 2.64. The van der Waals surface area contributed by atoms with Gasteiger partial charge in [-0.1, -0.05) is 69.3 Å². The molecule has 5 N–H and O–H groups in total. The van der Waals surface area contributed by atoms with Crippen molar-refractivity contribution in [2.45, 2.75) is 121 Å². The molecule has 2 aromatic carbocycles. The molecule has 2 bridgehead atoms. The van der Waals surface area contributed by atoms with Crippen LogP contribution >= 0.6 is 12.0 Å². The largest absolute Gasteiger partial charge is 0.455 e. The van der Waals surface area contributed by atoms with Gasteiger partial charge in [0.25, 0.3) is 0 Å². The lowest BCUT2D eigenvalue weighted by molar-refractivity contribution is -0.464. The van der Waals surface area contributed by atoms with Crippen LogP contribution in [0.4, 0.5) is 0 Å². The minimum absolute atomic E-state index is 0.0665. The molecule has 0 amide bonds. The predicted molar refractivity (Wildman–Crippen MR) is 224 cm³/mol. The number of hydrogen-bond acceptors (Lipinski definition) is 20. The van der Waals surface area contributed by atoms with E-state index in [2.05, 4.69) is 20.3 Å². The first-order chi connectivity index (χ1) is 30.7. The van der Waals surface area contributed by atoms with Crippen LogP contribution in [-0.2, 0) is 66.8 Å². The average molecular weight is 930 g/mol. The number of nitrogens with two attached hydrogens (primary N) is 1. The van der Waals surface area contributed by atoms with Crippen LogP contribution in [0, 0.1) is 16.7 Å². The van der Waals surface area contributed by atoms with E-state index in [-0.39, 0.29) is 48.3 Å². The fourth-order valence-corrected chi connectivity index (χ4v) is 10.4. The van der Waals surface area contributed by atoms with Gasteiger partial charge in [0.1, 0.15) is 30.0 Å². The van der Waals surface area contributed by atoms with Crippen molar-refractivity contribution in [1.29, 1.82) is 0 Å². The molecule has 65 heavy (non-hydrogen) atoms. The second-order valence-corrected chi connectivity index (χ2v) is 18.3. The molecule has 11 atom stereocenters. The number of carbonyl (C=O) groups excluding carboxylic acids is 6. The summed E-state index contributed by atoms with van der Waals surface area (Å²) in [5.74, 6) is -3.03. The molecule has 354 valence electrons. The lowest BCUT2D eigenvalue weighted by Crippen LogP contribution is -2.81. The van der Waals surface area contributed by atoms with Gasteiger partial charge in [-0.3, -0.25) is 14.4 Å². The number of Topliss-reactive ketones (excluding diaryl/α,β-unsaturated/α-hetero) is 1. The van der Waals surface area contributed by atoms with Crippen LogP contribution in [0.2, 0.25) is 0 Å². The van der Waals surface area contributed by atoms with Crippen LogP contribution in [0.5, 0.6) is 0 Å². The first-order valence-electron chi connectivity index (χ1n) is 21.1. The molecule has 2 aromatic rings. The number of rotatable bonds is 17. The SMILES string of the molecule is CC(=O)O[C@@]12COC1CC(O)C1(C)C(=O)C(O)C3=C(C)C(OC(=O)C(OC(=O)COC(=O)CCCSOOON)C(C)c4ccccc4)C[C@](O)(C(OC(=O)c4ccccc4)C12)C3(C)C. The highest BCUT2D eigenvalue weighted by molar-refractivity contribution is 7.94. The quantitative estimate of drug-likeness (QED) is 0.0338. The summed E-state index contributed by atoms with van der Waals surface area (Å²) in [6.45, 7) is 7.56. The Labute approximate surface area is 379 Å². The predicted octanol–water partition coefficient (Wildman–Crippen LogP) is 3.07. The molecule has 19 nitrogen and oxygen atoms in total. The third kappa shape index (κ3) is 9.46. The van der Waals surface area contributed by atoms with E-state index in [9.17, 15) is 39.3 Å². The molecular weight excluding hydrogens is 875 g/mol. The molecule has 1 aliphatic heterocycles. The Morgan fingerprint density at radius 1 is 0.969 bits per heavy atom. The Morgan fingerprint density at radius 2 is 1.63 bits per heavy atom. The summed E-state index contributed by atoms with van der Waals surface area (Å²) >= 11 is 0.807. The number of esters is 5. The molecule has 9 unspecified atom stereocenters. The zero-order valence-electron chi connectivity index (χ0n) is 36.8. The fraction of sp³-hybridized carbons (Fsp3) is 0.556. The average Bonchev–Trinajstić information content (AvgIpc) is 3.27. The summed E-state index contributed by atoms with van der Waals surface area (Å²) in [4.78, 5) is 86.2. The lowest BCUT2D eigenvalue weighted by atomic mass is 9.44. The molecule has 20 heteroatoms. The Balaban J connectivity index is 1.38. The summed E-state index contributed by atoms with van der Waals surface area (Å²) in [5, 5.41) is 41.8. The minimum Gasteiger partial charge on any atom is -0.455 e. The Kier molecular flexibility index (Phi) is 15.3. The molecule has 1 saturated heterocycles. The zero-order chi connectivity index (χ0) is 47.5. The summed E-state index contributed by atoms with van der Waals surface area (Å²) in [6, 6.07) is 16.4. The normalized spacial score (nSPS) is 31.0. The second-order valence-electron chi connectivity index (χ2n) is 17.5. The van der Waals surface area contributed by atoms with E-state index < -0.39 is 119 Å². The van der Waals surface area contributed by atoms with Crippen LogP contribution in [0.15, 0.2) is 71.8 Å². The van der Waals surface area contributed by atoms with Gasteiger partial charge in [0.15, 0.2) is 18.0 Å². The molecule has 3 fully saturated rings. The summed E-state index contributed by atoms with van der Waals surface area (Å²) < 4.78 is 39.7. The van der Waals surface area contributed by atoms with Gasteiger partial charge in [-0.05, 0) is 54.1 Å². The van der Waals surface area contributed by atoms with Crippen LogP contribution in [0.1, 0.15) is 89.1 Å². The number of fused-ring (bicyclic) bond motifs is 5. The maximum Gasteiger partial charge on any atom is 0.348 e. The van der Waals surface area contributed by atoms with Gasteiger partial charge in [0, 0.05) is 55.3 Å². The van der Waals surface area contributed by atoms with Crippen molar-refractivity contribution in [2.75, 3.05) is 19.0 Å². The molecule has 0 aromatic heterocycles. The Morgan fingerprint density at radius 3 is 2.25 bits per heavy atom. The van der Waals surface area contributed by atoms with Gasteiger partial charge in [0.2, 0.25) is 6.10 Å². The number of aliphatic hydroxyl groups is 3. The fourth-order valence-electron chi connectivity index (χ4n) is 10.00. The van der Waals surface area contributed by atoms with Gasteiger partial charge in [-0.2, -0.15) is 5.90 Å². The lowest BCUT2D eigenvalue weighted by Gasteiger charge is -2.67. The van der Waals surface area contributed by atoms with E-state index in [1.165, 1.54) is 26.0 Å². The van der Waals surface area contributed by atoms with Crippen molar-refractivity contribution >= 4 is 47.7 Å². The van der Waals surface area contributed by atoms with E-state index in [1.807, 2.05) is 0 Å². The first-order valence-corrected chi connectivity index (χ1v) is 22.0. The van der Waals surface area contributed by atoms with Crippen LogP contribution in [-0.4, -0.2) is 118 Å². The summed E-state index contributed by atoms with van der Waals surface area (Å²) in [7, 11) is 0. The van der Waals surface area contributed by atoms with Gasteiger partial charge in [-0.25, -0.2) is 14.4 Å². The van der Waals surface area contributed by atoms with Gasteiger partial charge in [-0.15, -0.1) is 9.32 Å². The number of ether oxygens (including phenoxy) is 6. The third-order valence-electron chi connectivity index (χ3n) is 13.5. The molecule has 0 radical (unpaired) electrons. The Bertz CT molecular complexity index is 2140. The van der Waals surface area contributed by atoms with Gasteiger partial charge < -0.3 is 43.7 Å².